The fourth-order valence-electron chi connectivity index (χ4n) is 3.89. The Morgan fingerprint density at radius 1 is 0.742 bits per heavy atom. The van der Waals surface area contributed by atoms with Gasteiger partial charge in [-0.1, -0.05) is 105 Å². The molecule has 0 aromatic heterocycles. The van der Waals surface area contributed by atoms with Gasteiger partial charge in [0.2, 0.25) is 0 Å². The minimum atomic E-state index is -2.77. The zero-order valence-corrected chi connectivity index (χ0v) is 19.2. The maximum Gasteiger partial charge on any atom is 0.342 e. The van der Waals surface area contributed by atoms with Gasteiger partial charge in [0.1, 0.15) is 5.29 Å². The van der Waals surface area contributed by atoms with Gasteiger partial charge in [0, 0.05) is 6.42 Å². The van der Waals surface area contributed by atoms with E-state index in [1.807, 2.05) is 105 Å². The van der Waals surface area contributed by atoms with Crippen molar-refractivity contribution >= 4 is 39.8 Å². The predicted molar refractivity (Wildman–Crippen MR) is 131 cm³/mol. The zero-order chi connectivity index (χ0) is 22.3. The fraction of sp³-hybridized carbons (Fsp3) is 0.222. The number of hydrogen-bond acceptors (Lipinski definition) is 3. The van der Waals surface area contributed by atoms with Crippen molar-refractivity contribution in [2.45, 2.75) is 27.2 Å². The Bertz CT molecular complexity index is 968. The molecule has 0 saturated carbocycles. The van der Waals surface area contributed by atoms with Crippen LogP contribution in [0, 0.1) is 5.92 Å². The number of ether oxygens (including phenoxy) is 1. The SMILES string of the molecule is CCOC(=O)C(C(=O)CC(C)C)=P(c1ccccc1)(c1ccccc1)c1ccccc1. The standard InChI is InChI=1S/C27H29O3P/c1-4-30-27(29)26(25(28)20-21(2)3)31(22-14-8-5-9-15-22,23-16-10-6-11-17-23)24-18-12-7-13-19-24/h5-19,21H,4,20H2,1-3H3. The molecular formula is C27H29O3P. The van der Waals surface area contributed by atoms with Crippen LogP contribution >= 0.6 is 6.89 Å². The summed E-state index contributed by atoms with van der Waals surface area (Å²) in [5, 5.41) is 3.17. The van der Waals surface area contributed by atoms with E-state index in [0.717, 1.165) is 15.9 Å². The van der Waals surface area contributed by atoms with Gasteiger partial charge in [-0.25, -0.2) is 4.79 Å². The molecule has 0 aliphatic carbocycles. The summed E-state index contributed by atoms with van der Waals surface area (Å²) >= 11 is 0. The molecule has 0 unspecified atom stereocenters. The number of ketones is 1. The maximum absolute atomic E-state index is 13.7. The summed E-state index contributed by atoms with van der Waals surface area (Å²) in [4.78, 5) is 27.2. The molecule has 0 fully saturated rings. The fourth-order valence-corrected chi connectivity index (χ4v) is 8.22. The van der Waals surface area contributed by atoms with Crippen LogP contribution in [0.25, 0.3) is 0 Å². The molecule has 0 aliphatic heterocycles. The first kappa shape index (κ1) is 22.8. The lowest BCUT2D eigenvalue weighted by molar-refractivity contribution is -0.135. The predicted octanol–water partition coefficient (Wildman–Crippen LogP) is 4.33. The quantitative estimate of drug-likeness (QED) is 0.302. The molecule has 0 spiro atoms. The van der Waals surface area contributed by atoms with Gasteiger partial charge < -0.3 is 4.74 Å². The first-order valence-electron chi connectivity index (χ1n) is 10.7. The molecule has 160 valence electrons. The first-order chi connectivity index (χ1) is 15.0. The Labute approximate surface area is 185 Å². The summed E-state index contributed by atoms with van der Waals surface area (Å²) in [5.41, 5.74) is 0. The van der Waals surface area contributed by atoms with Crippen LogP contribution in [-0.4, -0.2) is 23.7 Å². The lowest BCUT2D eigenvalue weighted by Crippen LogP contribution is -2.38. The monoisotopic (exact) mass is 432 g/mol. The molecule has 0 heterocycles. The molecule has 0 aliphatic rings. The van der Waals surface area contributed by atoms with Gasteiger partial charge in [-0.15, -0.1) is 0 Å². The third-order valence-electron chi connectivity index (χ3n) is 5.09. The maximum atomic E-state index is 13.7. The molecule has 0 radical (unpaired) electrons. The summed E-state index contributed by atoms with van der Waals surface area (Å²) in [6, 6.07) is 29.8. The number of esters is 1. The third-order valence-corrected chi connectivity index (χ3v) is 9.41. The van der Waals surface area contributed by atoms with Crippen molar-refractivity contribution in [3.63, 3.8) is 0 Å². The van der Waals surface area contributed by atoms with Crippen molar-refractivity contribution in [3.8, 4) is 0 Å². The van der Waals surface area contributed by atoms with Crippen LogP contribution in [0.2, 0.25) is 0 Å². The minimum Gasteiger partial charge on any atom is -0.462 e. The molecule has 0 saturated heterocycles. The van der Waals surface area contributed by atoms with E-state index in [4.69, 9.17) is 4.74 Å². The Morgan fingerprint density at radius 3 is 1.45 bits per heavy atom. The number of carbonyl (C=O) groups is 2. The summed E-state index contributed by atoms with van der Waals surface area (Å²) < 4.78 is 5.51. The van der Waals surface area contributed by atoms with Crippen LogP contribution in [0.1, 0.15) is 27.2 Å². The van der Waals surface area contributed by atoms with Crippen molar-refractivity contribution in [2.24, 2.45) is 5.92 Å². The number of carbonyl (C=O) groups excluding carboxylic acids is 2. The van der Waals surface area contributed by atoms with Gasteiger partial charge in [-0.05, 0) is 35.6 Å². The second-order valence-corrected chi connectivity index (χ2v) is 11.1. The van der Waals surface area contributed by atoms with E-state index in [0.29, 0.717) is 6.42 Å². The van der Waals surface area contributed by atoms with E-state index in [2.05, 4.69) is 0 Å². The van der Waals surface area contributed by atoms with E-state index in [-0.39, 0.29) is 23.6 Å². The Balaban J connectivity index is 2.59. The van der Waals surface area contributed by atoms with Crippen molar-refractivity contribution in [1.82, 2.24) is 0 Å². The third kappa shape index (κ3) is 4.73. The summed E-state index contributed by atoms with van der Waals surface area (Å²) in [6.45, 7) is 3.21. The molecule has 3 nitrogen and oxygen atoms in total. The number of benzene rings is 3. The van der Waals surface area contributed by atoms with Crippen LogP contribution in [0.15, 0.2) is 91.0 Å². The van der Waals surface area contributed by atoms with Gasteiger partial charge in [-0.3, -0.25) is 4.79 Å². The van der Waals surface area contributed by atoms with Gasteiger partial charge in [0.25, 0.3) is 0 Å². The molecule has 0 N–H and O–H groups in total. The second kappa shape index (κ2) is 10.4. The average Bonchev–Trinajstić information content (AvgIpc) is 2.78. The molecule has 3 rings (SSSR count). The number of rotatable bonds is 8. The highest BCUT2D eigenvalue weighted by atomic mass is 31.2. The van der Waals surface area contributed by atoms with E-state index >= 15 is 0 Å². The zero-order valence-electron chi connectivity index (χ0n) is 18.3. The van der Waals surface area contributed by atoms with Crippen LogP contribution < -0.4 is 15.9 Å². The van der Waals surface area contributed by atoms with Crippen LogP contribution in [0.5, 0.6) is 0 Å². The average molecular weight is 433 g/mol. The first-order valence-corrected chi connectivity index (χ1v) is 12.4. The van der Waals surface area contributed by atoms with Crippen LogP contribution in [0.4, 0.5) is 0 Å². The normalized spacial score (nSPS) is 11.2. The highest BCUT2D eigenvalue weighted by Gasteiger charge is 2.37. The summed E-state index contributed by atoms with van der Waals surface area (Å²) in [6.07, 6.45) is 0.294. The topological polar surface area (TPSA) is 43.4 Å². The van der Waals surface area contributed by atoms with E-state index in [9.17, 15) is 9.59 Å². The van der Waals surface area contributed by atoms with Gasteiger partial charge in [0.05, 0.1) is 6.61 Å². The van der Waals surface area contributed by atoms with Crippen molar-refractivity contribution in [3.05, 3.63) is 91.0 Å². The lowest BCUT2D eigenvalue weighted by atomic mass is 10.1. The summed E-state index contributed by atoms with van der Waals surface area (Å²) in [7, 11) is 0. The largest absolute Gasteiger partial charge is 0.462 e. The summed E-state index contributed by atoms with van der Waals surface area (Å²) in [5.74, 6) is -0.530. The highest BCUT2D eigenvalue weighted by Crippen LogP contribution is 2.47. The minimum absolute atomic E-state index is 0.126. The molecular weight excluding hydrogens is 403 g/mol. The molecule has 0 atom stereocenters. The molecule has 0 amide bonds. The van der Waals surface area contributed by atoms with E-state index < -0.39 is 12.9 Å². The number of Topliss-reactive ketones (excluding diaryl/α,β-unsaturated/α-hetero) is 1. The molecule has 3 aromatic carbocycles. The van der Waals surface area contributed by atoms with Crippen molar-refractivity contribution in [2.75, 3.05) is 6.61 Å². The van der Waals surface area contributed by atoms with E-state index in [1.165, 1.54) is 0 Å². The molecule has 3 aromatic rings. The van der Waals surface area contributed by atoms with Crippen LogP contribution in [-0.2, 0) is 14.3 Å². The second-order valence-electron chi connectivity index (χ2n) is 7.77. The number of hydrogen-bond donors (Lipinski definition) is 0. The van der Waals surface area contributed by atoms with Crippen LogP contribution in [0.3, 0.4) is 0 Å². The highest BCUT2D eigenvalue weighted by molar-refractivity contribution is 7.97. The lowest BCUT2D eigenvalue weighted by Gasteiger charge is -2.31. The molecule has 31 heavy (non-hydrogen) atoms. The molecule has 0 bridgehead atoms. The Kier molecular flexibility index (Phi) is 7.65. The Morgan fingerprint density at radius 2 is 1.13 bits per heavy atom. The van der Waals surface area contributed by atoms with Gasteiger partial charge >= 0.3 is 5.97 Å². The van der Waals surface area contributed by atoms with Crippen molar-refractivity contribution < 1.29 is 14.3 Å². The Hall–Kier alpha value is -2.90. The van der Waals surface area contributed by atoms with Gasteiger partial charge in [-0.2, -0.15) is 0 Å². The van der Waals surface area contributed by atoms with Crippen molar-refractivity contribution in [1.29, 1.82) is 0 Å². The smallest absolute Gasteiger partial charge is 0.342 e. The van der Waals surface area contributed by atoms with E-state index in [1.54, 1.807) is 6.92 Å². The molecule has 4 heteroatoms. The van der Waals surface area contributed by atoms with Gasteiger partial charge in [0.15, 0.2) is 5.78 Å².